The molecule has 35 heavy (non-hydrogen) atoms. The number of halogens is 1. The molecule has 0 amide bonds. The molecule has 2 heterocycles. The Balaban J connectivity index is 1.74. The number of hydrogen-bond acceptors (Lipinski definition) is 5. The molecule has 0 saturated heterocycles. The van der Waals surface area contributed by atoms with Gasteiger partial charge in [0, 0.05) is 16.3 Å². The molecule has 5 rings (SSSR count). The van der Waals surface area contributed by atoms with Crippen LogP contribution in [0, 0.1) is 12.7 Å². The second kappa shape index (κ2) is 8.02. The number of aromatic nitrogens is 4. The van der Waals surface area contributed by atoms with Crippen LogP contribution in [0.2, 0.25) is 0 Å². The number of aromatic amines is 1. The Kier molecular flexibility index (Phi) is 5.21. The first-order valence-corrected chi connectivity index (χ1v) is 11.3. The summed E-state index contributed by atoms with van der Waals surface area (Å²) in [6.45, 7) is 7.55. The van der Waals surface area contributed by atoms with Crippen LogP contribution in [0.15, 0.2) is 53.5 Å². The largest absolute Gasteiger partial charge is 0.392 e. The zero-order chi connectivity index (χ0) is 25.1. The molecule has 0 unspecified atom stereocenters. The molecular formula is C27H26FN5O2. The number of nitrogens with zero attached hydrogens (tertiary/aromatic N) is 3. The van der Waals surface area contributed by atoms with E-state index >= 15 is 4.39 Å². The van der Waals surface area contributed by atoms with Crippen LogP contribution < -0.4 is 11.3 Å². The van der Waals surface area contributed by atoms with Gasteiger partial charge in [0.25, 0.3) is 5.56 Å². The molecule has 4 N–H and O–H groups in total. The van der Waals surface area contributed by atoms with Gasteiger partial charge in [-0.3, -0.25) is 9.89 Å². The van der Waals surface area contributed by atoms with Gasteiger partial charge < -0.3 is 10.8 Å². The van der Waals surface area contributed by atoms with Crippen molar-refractivity contribution in [1.82, 2.24) is 20.0 Å². The molecule has 8 heteroatoms. The van der Waals surface area contributed by atoms with Gasteiger partial charge in [-0.15, -0.1) is 0 Å². The molecule has 0 spiro atoms. The fraction of sp³-hybridized carbons (Fsp3) is 0.222. The molecule has 0 aliphatic carbocycles. The van der Waals surface area contributed by atoms with Crippen LogP contribution in [0.5, 0.6) is 0 Å². The Labute approximate surface area is 201 Å². The Morgan fingerprint density at radius 1 is 1.14 bits per heavy atom. The summed E-state index contributed by atoms with van der Waals surface area (Å²) in [6.07, 6.45) is 1.49. The average Bonchev–Trinajstić information content (AvgIpc) is 3.16. The maximum Gasteiger partial charge on any atom is 0.282 e. The number of H-pyrrole nitrogens is 1. The quantitative estimate of drug-likeness (QED) is 0.352. The Bertz CT molecular complexity index is 1680. The van der Waals surface area contributed by atoms with Crippen molar-refractivity contribution in [3.63, 3.8) is 0 Å². The SMILES string of the molecule is Cc1cc2[nH]nc(N)c2cc1-c1cccc(-n2ncc3cc(C(C)(C)C)cc(F)c3c2=O)c1CO. The monoisotopic (exact) mass is 471 g/mol. The van der Waals surface area contributed by atoms with Crippen molar-refractivity contribution < 1.29 is 9.50 Å². The van der Waals surface area contributed by atoms with Gasteiger partial charge in [0.05, 0.1) is 29.4 Å². The highest BCUT2D eigenvalue weighted by molar-refractivity contribution is 5.94. The summed E-state index contributed by atoms with van der Waals surface area (Å²) >= 11 is 0. The van der Waals surface area contributed by atoms with Gasteiger partial charge in [0.1, 0.15) is 5.82 Å². The van der Waals surface area contributed by atoms with E-state index in [2.05, 4.69) is 15.3 Å². The molecule has 0 aliphatic heterocycles. The fourth-order valence-electron chi connectivity index (χ4n) is 4.51. The Morgan fingerprint density at radius 2 is 1.91 bits per heavy atom. The van der Waals surface area contributed by atoms with E-state index in [9.17, 15) is 9.90 Å². The van der Waals surface area contributed by atoms with Crippen LogP contribution in [-0.4, -0.2) is 25.1 Å². The molecule has 0 saturated carbocycles. The van der Waals surface area contributed by atoms with Gasteiger partial charge in [0.2, 0.25) is 0 Å². The molecule has 0 aliphatic rings. The van der Waals surface area contributed by atoms with Crippen LogP contribution in [-0.2, 0) is 12.0 Å². The summed E-state index contributed by atoms with van der Waals surface area (Å²) in [5.74, 6) is -0.215. The third-order valence-electron chi connectivity index (χ3n) is 6.47. The number of fused-ring (bicyclic) bond motifs is 2. The van der Waals surface area contributed by atoms with Crippen LogP contribution in [0.4, 0.5) is 10.2 Å². The summed E-state index contributed by atoms with van der Waals surface area (Å²) < 4.78 is 16.3. The van der Waals surface area contributed by atoms with Gasteiger partial charge >= 0.3 is 0 Å². The van der Waals surface area contributed by atoms with Crippen LogP contribution in [0.3, 0.4) is 0 Å². The molecule has 5 aromatic rings. The highest BCUT2D eigenvalue weighted by atomic mass is 19.1. The summed E-state index contributed by atoms with van der Waals surface area (Å²) in [5, 5.41) is 22.8. The van der Waals surface area contributed by atoms with Crippen LogP contribution in [0.25, 0.3) is 38.5 Å². The molecule has 178 valence electrons. The van der Waals surface area contributed by atoms with Crippen molar-refractivity contribution in [2.75, 3.05) is 5.73 Å². The average molecular weight is 472 g/mol. The second-order valence-corrected chi connectivity index (χ2v) is 9.82. The van der Waals surface area contributed by atoms with Crippen LogP contribution >= 0.6 is 0 Å². The van der Waals surface area contributed by atoms with Crippen molar-refractivity contribution in [3.05, 3.63) is 81.5 Å². The number of aliphatic hydroxyl groups excluding tert-OH is 1. The van der Waals surface area contributed by atoms with E-state index in [4.69, 9.17) is 5.73 Å². The van der Waals surface area contributed by atoms with Crippen molar-refractivity contribution in [3.8, 4) is 16.8 Å². The predicted molar refractivity (Wildman–Crippen MR) is 136 cm³/mol. The van der Waals surface area contributed by atoms with Gasteiger partial charge in [0.15, 0.2) is 5.82 Å². The first-order valence-electron chi connectivity index (χ1n) is 11.3. The number of rotatable bonds is 3. The van der Waals surface area contributed by atoms with Gasteiger partial charge in [-0.05, 0) is 64.9 Å². The van der Waals surface area contributed by atoms with E-state index in [-0.39, 0.29) is 17.4 Å². The lowest BCUT2D eigenvalue weighted by molar-refractivity contribution is 0.282. The second-order valence-electron chi connectivity index (χ2n) is 9.82. The number of benzene rings is 3. The van der Waals surface area contributed by atoms with E-state index < -0.39 is 11.4 Å². The van der Waals surface area contributed by atoms with Crippen molar-refractivity contribution in [2.24, 2.45) is 0 Å². The maximum atomic E-state index is 15.2. The van der Waals surface area contributed by atoms with Gasteiger partial charge in [-0.1, -0.05) is 32.9 Å². The molecule has 2 aromatic heterocycles. The number of nitrogens with one attached hydrogen (secondary N) is 1. The normalized spacial score (nSPS) is 12.1. The summed E-state index contributed by atoms with van der Waals surface area (Å²) in [6, 6.07) is 12.4. The van der Waals surface area contributed by atoms with Crippen molar-refractivity contribution in [1.29, 1.82) is 0 Å². The van der Waals surface area contributed by atoms with E-state index in [1.165, 1.54) is 12.3 Å². The molecule has 3 aromatic carbocycles. The highest BCUT2D eigenvalue weighted by Crippen LogP contribution is 2.34. The zero-order valence-electron chi connectivity index (χ0n) is 20.0. The molecule has 0 bridgehead atoms. The number of nitrogens with two attached hydrogens (primary N) is 1. The Hall–Kier alpha value is -4.04. The molecule has 7 nitrogen and oxygen atoms in total. The fourth-order valence-corrected chi connectivity index (χ4v) is 4.51. The molecular weight excluding hydrogens is 445 g/mol. The number of aryl methyl sites for hydroxylation is 1. The Morgan fingerprint density at radius 3 is 2.63 bits per heavy atom. The lowest BCUT2D eigenvalue weighted by Gasteiger charge is -2.20. The minimum Gasteiger partial charge on any atom is -0.392 e. The minimum absolute atomic E-state index is 0.0361. The third-order valence-corrected chi connectivity index (χ3v) is 6.47. The van der Waals surface area contributed by atoms with E-state index in [0.717, 1.165) is 37.8 Å². The standard InChI is InChI=1S/C27H26FN5O2/c1-14-8-22-19(25(29)32-31-22)11-18(14)17-6-5-7-23(20(17)13-34)33-26(35)24-15(12-30-33)9-16(10-21(24)28)27(2,3)4/h5-12,34H,13H2,1-4H3,(H3,29,31,32). The van der Waals surface area contributed by atoms with Gasteiger partial charge in [-0.2, -0.15) is 14.9 Å². The molecule has 0 atom stereocenters. The van der Waals surface area contributed by atoms with Gasteiger partial charge in [-0.25, -0.2) is 4.39 Å². The lowest BCUT2D eigenvalue weighted by atomic mass is 9.86. The third kappa shape index (κ3) is 3.66. The smallest absolute Gasteiger partial charge is 0.282 e. The first-order chi connectivity index (χ1) is 16.6. The number of aliphatic hydroxyl groups is 1. The number of anilines is 1. The van der Waals surface area contributed by atoms with E-state index in [1.54, 1.807) is 18.2 Å². The van der Waals surface area contributed by atoms with E-state index in [0.29, 0.717) is 22.5 Å². The molecule has 0 fully saturated rings. The summed E-state index contributed by atoms with van der Waals surface area (Å²) in [5.41, 5.74) is 10.1. The minimum atomic E-state index is -0.591. The predicted octanol–water partition coefficient (Wildman–Crippen LogP) is 4.75. The molecule has 0 radical (unpaired) electrons. The number of nitrogen functional groups attached to an aromatic ring is 1. The zero-order valence-corrected chi connectivity index (χ0v) is 20.0. The van der Waals surface area contributed by atoms with Crippen molar-refractivity contribution >= 4 is 27.5 Å². The van der Waals surface area contributed by atoms with E-state index in [1.807, 2.05) is 45.9 Å². The first kappa shape index (κ1) is 22.7. The summed E-state index contributed by atoms with van der Waals surface area (Å²) in [7, 11) is 0. The number of hydrogen-bond donors (Lipinski definition) is 3. The maximum absolute atomic E-state index is 15.2. The lowest BCUT2D eigenvalue weighted by Crippen LogP contribution is -2.24. The summed E-state index contributed by atoms with van der Waals surface area (Å²) in [4.78, 5) is 13.4. The topological polar surface area (TPSA) is 110 Å². The van der Waals surface area contributed by atoms with Crippen LogP contribution in [0.1, 0.15) is 37.5 Å². The highest BCUT2D eigenvalue weighted by Gasteiger charge is 2.21. The van der Waals surface area contributed by atoms with Crippen molar-refractivity contribution in [2.45, 2.75) is 39.7 Å².